The number of alkyl halides is 3. The van der Waals surface area contributed by atoms with Gasteiger partial charge in [0, 0.05) is 23.2 Å². The highest BCUT2D eigenvalue weighted by molar-refractivity contribution is 5.94. The van der Waals surface area contributed by atoms with E-state index in [4.69, 9.17) is 19.7 Å². The molecule has 2 N–H and O–H groups in total. The van der Waals surface area contributed by atoms with Gasteiger partial charge in [-0.25, -0.2) is 0 Å². The van der Waals surface area contributed by atoms with Crippen LogP contribution in [0.3, 0.4) is 0 Å². The smallest absolute Gasteiger partial charge is 0.416 e. The maximum atomic E-state index is 13.8. The Kier molecular flexibility index (Phi) is 9.31. The molecule has 0 fully saturated rings. The molecule has 11 heteroatoms. The number of aromatic nitrogens is 2. The van der Waals surface area contributed by atoms with Gasteiger partial charge in [0.1, 0.15) is 11.5 Å². The van der Waals surface area contributed by atoms with Gasteiger partial charge in [-0.2, -0.15) is 18.3 Å². The van der Waals surface area contributed by atoms with Crippen molar-refractivity contribution in [2.45, 2.75) is 32.5 Å². The number of carbonyl (C=O) groups is 2. The molecule has 0 aliphatic heterocycles. The molecule has 0 spiro atoms. The Hall–Kier alpha value is -5.32. The molecule has 0 saturated carbocycles. The zero-order chi connectivity index (χ0) is 33.0. The van der Waals surface area contributed by atoms with Gasteiger partial charge in [0.25, 0.3) is 5.91 Å². The van der Waals surface area contributed by atoms with Crippen molar-refractivity contribution in [3.8, 4) is 34.0 Å². The number of amides is 1. The molecule has 1 heterocycles. The number of carboxylic acids is 1. The van der Waals surface area contributed by atoms with Crippen LogP contribution in [-0.4, -0.2) is 47.0 Å². The molecule has 5 rings (SSSR count). The van der Waals surface area contributed by atoms with Crippen LogP contribution in [0.15, 0.2) is 84.9 Å². The number of nitrogens with zero attached hydrogens (tertiary/aromatic N) is 2. The Morgan fingerprint density at radius 1 is 0.957 bits per heavy atom. The van der Waals surface area contributed by atoms with Crippen LogP contribution in [0.1, 0.15) is 47.8 Å². The first-order valence-corrected chi connectivity index (χ1v) is 14.6. The van der Waals surface area contributed by atoms with Crippen molar-refractivity contribution in [3.63, 3.8) is 0 Å². The number of ether oxygens (including phenoxy) is 2. The van der Waals surface area contributed by atoms with Crippen LogP contribution in [0.5, 0.6) is 11.5 Å². The van der Waals surface area contributed by atoms with E-state index in [9.17, 15) is 22.8 Å². The lowest BCUT2D eigenvalue weighted by Gasteiger charge is -2.17. The predicted molar refractivity (Wildman–Crippen MR) is 168 cm³/mol. The Labute approximate surface area is 263 Å². The molecular weight excluding hydrogens is 599 g/mol. The summed E-state index contributed by atoms with van der Waals surface area (Å²) in [4.78, 5) is 23.3. The second kappa shape index (κ2) is 13.4. The average molecular weight is 632 g/mol. The third-order valence-corrected chi connectivity index (χ3v) is 7.61. The van der Waals surface area contributed by atoms with Crippen LogP contribution in [0.4, 0.5) is 13.2 Å². The average Bonchev–Trinajstić information content (AvgIpc) is 3.49. The summed E-state index contributed by atoms with van der Waals surface area (Å²) in [6.07, 6.45) is -4.75. The van der Waals surface area contributed by atoms with Gasteiger partial charge in [-0.1, -0.05) is 30.3 Å². The molecule has 5 aromatic rings. The fourth-order valence-electron chi connectivity index (χ4n) is 5.17. The molecule has 8 nitrogen and oxygen atoms in total. The zero-order valence-corrected chi connectivity index (χ0v) is 25.4. The summed E-state index contributed by atoms with van der Waals surface area (Å²) in [6.45, 7) is 3.92. The monoisotopic (exact) mass is 631 g/mol. The van der Waals surface area contributed by atoms with Crippen molar-refractivity contribution in [3.05, 3.63) is 102 Å². The Morgan fingerprint density at radius 3 is 2.35 bits per heavy atom. The highest BCUT2D eigenvalue weighted by atomic mass is 19.4. The molecular formula is C35H32F3N3O5. The molecule has 0 saturated heterocycles. The van der Waals surface area contributed by atoms with E-state index in [1.54, 1.807) is 49.0 Å². The van der Waals surface area contributed by atoms with Crippen LogP contribution in [-0.2, 0) is 11.0 Å². The second-order valence-corrected chi connectivity index (χ2v) is 10.6. The SMILES string of the molecule is CCOc1ccc(C(F)(F)F)cc1-c1cc(-c2ccc3cc(OC)ccc3c2)n([C@@H](C)c2ccc(C(=O)NCCC(=O)O)cc2)n1. The summed E-state index contributed by atoms with van der Waals surface area (Å²) in [5.41, 5.74) is 2.31. The second-order valence-electron chi connectivity index (χ2n) is 10.6. The summed E-state index contributed by atoms with van der Waals surface area (Å²) in [5.74, 6) is -0.414. The fourth-order valence-corrected chi connectivity index (χ4v) is 5.17. The zero-order valence-electron chi connectivity index (χ0n) is 25.4. The lowest BCUT2D eigenvalue weighted by atomic mass is 10.0. The lowest BCUT2D eigenvalue weighted by molar-refractivity contribution is -0.138. The number of hydrogen-bond acceptors (Lipinski definition) is 5. The van der Waals surface area contributed by atoms with Crippen molar-refractivity contribution in [1.29, 1.82) is 0 Å². The van der Waals surface area contributed by atoms with Crippen molar-refractivity contribution in [2.24, 2.45) is 0 Å². The minimum atomic E-state index is -4.56. The highest BCUT2D eigenvalue weighted by Crippen LogP contribution is 2.39. The number of carbonyl (C=O) groups excluding carboxylic acids is 1. The number of hydrogen-bond donors (Lipinski definition) is 2. The molecule has 1 amide bonds. The molecule has 238 valence electrons. The van der Waals surface area contributed by atoms with Gasteiger partial charge in [0.15, 0.2) is 0 Å². The molecule has 1 aromatic heterocycles. The number of nitrogens with one attached hydrogen (secondary N) is 1. The predicted octanol–water partition coefficient (Wildman–Crippen LogP) is 7.61. The number of halogens is 3. The Balaban J connectivity index is 1.59. The van der Waals surface area contributed by atoms with Crippen molar-refractivity contribution in [2.75, 3.05) is 20.3 Å². The van der Waals surface area contributed by atoms with Gasteiger partial charge in [-0.05, 0) is 84.8 Å². The highest BCUT2D eigenvalue weighted by Gasteiger charge is 2.32. The minimum absolute atomic E-state index is 0.00353. The standard InChI is InChI=1S/C35H32F3N3O5/c1-4-46-32-14-12-27(35(36,37)38)19-29(32)30-20-31(26-10-9-25-18-28(45-3)13-11-24(25)17-26)41(40-30)21(2)22-5-7-23(8-6-22)34(44)39-16-15-33(42)43/h5-14,17-21H,4,15-16H2,1-3H3,(H,39,44)(H,42,43)/t21-/m0/s1. The molecule has 0 unspecified atom stereocenters. The quantitative estimate of drug-likeness (QED) is 0.156. The first kappa shape index (κ1) is 32.1. The van der Waals surface area contributed by atoms with E-state index >= 15 is 0 Å². The van der Waals surface area contributed by atoms with Crippen LogP contribution >= 0.6 is 0 Å². The summed E-state index contributed by atoms with van der Waals surface area (Å²) >= 11 is 0. The van der Waals surface area contributed by atoms with Gasteiger partial charge < -0.3 is 19.9 Å². The Bertz CT molecular complexity index is 1880. The number of fused-ring (bicyclic) bond motifs is 1. The fraction of sp³-hybridized carbons (Fsp3) is 0.229. The molecule has 0 aliphatic rings. The van der Waals surface area contributed by atoms with E-state index in [-0.39, 0.29) is 30.9 Å². The van der Waals surface area contributed by atoms with Gasteiger partial charge in [-0.15, -0.1) is 0 Å². The van der Waals surface area contributed by atoms with E-state index < -0.39 is 29.7 Å². The van der Waals surface area contributed by atoms with E-state index in [0.29, 0.717) is 22.7 Å². The molecule has 0 aliphatic carbocycles. The Morgan fingerprint density at radius 2 is 1.67 bits per heavy atom. The van der Waals surface area contributed by atoms with Gasteiger partial charge >= 0.3 is 12.1 Å². The third kappa shape index (κ3) is 6.98. The third-order valence-electron chi connectivity index (χ3n) is 7.61. The van der Waals surface area contributed by atoms with Crippen LogP contribution in [0.2, 0.25) is 0 Å². The van der Waals surface area contributed by atoms with Gasteiger partial charge in [0.2, 0.25) is 0 Å². The number of rotatable bonds is 11. The van der Waals surface area contributed by atoms with E-state index in [1.165, 1.54) is 6.07 Å². The van der Waals surface area contributed by atoms with Crippen molar-refractivity contribution in [1.82, 2.24) is 15.1 Å². The number of carboxylic acid groups (broad SMARTS) is 1. The van der Waals surface area contributed by atoms with E-state index in [0.717, 1.165) is 34.0 Å². The lowest BCUT2D eigenvalue weighted by Crippen LogP contribution is -2.26. The van der Waals surface area contributed by atoms with Gasteiger partial charge in [-0.3, -0.25) is 14.3 Å². The summed E-state index contributed by atoms with van der Waals surface area (Å²) in [5, 5.41) is 18.1. The van der Waals surface area contributed by atoms with E-state index in [1.807, 2.05) is 43.3 Å². The van der Waals surface area contributed by atoms with E-state index in [2.05, 4.69) is 5.32 Å². The van der Waals surface area contributed by atoms with Crippen molar-refractivity contribution >= 4 is 22.6 Å². The molecule has 0 bridgehead atoms. The maximum absolute atomic E-state index is 13.8. The molecule has 1 atom stereocenters. The summed E-state index contributed by atoms with van der Waals surface area (Å²) in [6, 6.07) is 23.1. The maximum Gasteiger partial charge on any atom is 0.416 e. The summed E-state index contributed by atoms with van der Waals surface area (Å²) < 4.78 is 54.1. The molecule has 4 aromatic carbocycles. The molecule has 46 heavy (non-hydrogen) atoms. The van der Waals surface area contributed by atoms with Crippen LogP contribution in [0, 0.1) is 0 Å². The number of aliphatic carboxylic acids is 1. The number of methoxy groups -OCH3 is 1. The first-order valence-electron chi connectivity index (χ1n) is 14.6. The van der Waals surface area contributed by atoms with Crippen LogP contribution in [0.25, 0.3) is 33.3 Å². The normalized spacial score (nSPS) is 12.1. The number of benzene rings is 4. The minimum Gasteiger partial charge on any atom is -0.497 e. The topological polar surface area (TPSA) is 103 Å². The summed E-state index contributed by atoms with van der Waals surface area (Å²) in [7, 11) is 1.60. The van der Waals surface area contributed by atoms with Crippen molar-refractivity contribution < 1.29 is 37.3 Å². The first-order chi connectivity index (χ1) is 22.0. The van der Waals surface area contributed by atoms with Gasteiger partial charge in [0.05, 0.1) is 43.1 Å². The molecule has 0 radical (unpaired) electrons. The largest absolute Gasteiger partial charge is 0.497 e. The van der Waals surface area contributed by atoms with Crippen LogP contribution < -0.4 is 14.8 Å².